The lowest BCUT2D eigenvalue weighted by atomic mass is 10.2. The van der Waals surface area contributed by atoms with Crippen molar-refractivity contribution in [3.05, 3.63) is 54.5 Å². The number of hydrogen-bond donors (Lipinski definition) is 2. The Morgan fingerprint density at radius 1 is 1.45 bits per heavy atom. The molecule has 22 heavy (non-hydrogen) atoms. The number of nitrogens with one attached hydrogen (secondary N) is 1. The molecule has 0 atom stereocenters. The molecule has 1 aromatic heterocycles. The maximum atomic E-state index is 11.5. The van der Waals surface area contributed by atoms with Crippen LogP contribution in [0.1, 0.15) is 11.4 Å². The van der Waals surface area contributed by atoms with Crippen molar-refractivity contribution in [1.82, 2.24) is 9.97 Å². The Morgan fingerprint density at radius 2 is 2.18 bits per heavy atom. The van der Waals surface area contributed by atoms with Crippen molar-refractivity contribution in [2.24, 2.45) is 0 Å². The third kappa shape index (κ3) is 3.31. The summed E-state index contributed by atoms with van der Waals surface area (Å²) in [5.74, 6) is -0.263. The Bertz CT molecular complexity index is 816. The molecule has 114 valence electrons. The number of aromatic nitrogens is 2. The molecule has 0 amide bonds. The Hall–Kier alpha value is -2.68. The van der Waals surface area contributed by atoms with E-state index in [0.29, 0.717) is 5.75 Å². The average Bonchev–Trinajstić information content (AvgIpc) is 2.44. The van der Waals surface area contributed by atoms with Crippen LogP contribution in [0.4, 0.5) is 5.69 Å². The fraction of sp³-hybridized carbons (Fsp3) is 0.0769. The van der Waals surface area contributed by atoms with Gasteiger partial charge in [-0.15, -0.1) is 0 Å². The van der Waals surface area contributed by atoms with Crippen LogP contribution >= 0.6 is 15.9 Å². The van der Waals surface area contributed by atoms with Crippen LogP contribution in [0.2, 0.25) is 0 Å². The Morgan fingerprint density at radius 3 is 2.73 bits per heavy atom. The summed E-state index contributed by atoms with van der Waals surface area (Å²) in [4.78, 5) is 26.9. The van der Waals surface area contributed by atoms with E-state index in [1.807, 2.05) is 0 Å². The molecule has 0 spiro atoms. The minimum absolute atomic E-state index is 0.0000375. The number of nitro groups is 1. The lowest BCUT2D eigenvalue weighted by Crippen LogP contribution is -2.14. The molecule has 0 unspecified atom stereocenters. The van der Waals surface area contributed by atoms with E-state index in [2.05, 4.69) is 25.9 Å². The number of hydrogen-bond acceptors (Lipinski definition) is 6. The molecule has 1 aromatic carbocycles. The van der Waals surface area contributed by atoms with Crippen LogP contribution in [0.5, 0.6) is 11.6 Å². The van der Waals surface area contributed by atoms with Crippen molar-refractivity contribution < 1.29 is 14.8 Å². The van der Waals surface area contributed by atoms with Gasteiger partial charge in [-0.1, -0.05) is 12.1 Å². The van der Waals surface area contributed by atoms with E-state index >= 15 is 0 Å². The molecule has 0 aliphatic rings. The van der Waals surface area contributed by atoms with E-state index in [1.165, 1.54) is 6.08 Å². The molecule has 2 rings (SSSR count). The van der Waals surface area contributed by atoms with Gasteiger partial charge in [0.15, 0.2) is 0 Å². The minimum atomic E-state index is -1.02. The van der Waals surface area contributed by atoms with E-state index in [1.54, 1.807) is 31.4 Å². The Balaban J connectivity index is 2.33. The summed E-state index contributed by atoms with van der Waals surface area (Å²) in [5.41, 5.74) is -1.23. The number of H-pyrrole nitrogens is 1. The van der Waals surface area contributed by atoms with Gasteiger partial charge in [0, 0.05) is 0 Å². The van der Waals surface area contributed by atoms with Crippen molar-refractivity contribution in [2.45, 2.75) is 0 Å². The summed E-state index contributed by atoms with van der Waals surface area (Å²) < 4.78 is 5.84. The normalized spacial score (nSPS) is 10.8. The topological polar surface area (TPSA) is 118 Å². The Labute approximate surface area is 132 Å². The molecule has 9 heteroatoms. The first-order valence-electron chi connectivity index (χ1n) is 5.91. The van der Waals surface area contributed by atoms with Gasteiger partial charge in [-0.3, -0.25) is 14.9 Å². The maximum Gasteiger partial charge on any atom is 0.395 e. The van der Waals surface area contributed by atoms with E-state index < -0.39 is 22.0 Å². The first-order valence-corrected chi connectivity index (χ1v) is 6.71. The number of nitrogens with zero attached hydrogens (tertiary/aromatic N) is 2. The smallest absolute Gasteiger partial charge is 0.395 e. The van der Waals surface area contributed by atoms with Crippen molar-refractivity contribution in [1.29, 1.82) is 0 Å². The standard InChI is InChI=1S/C13H10BrN3O5/c1-22-9-4-2-7(6-8(9)14)3-5-10-15-12(18)11(17(20)21)13(19)16-10/h2-6H,1H3,(H2,15,16,18,19). The zero-order chi connectivity index (χ0) is 16.3. The van der Waals surface area contributed by atoms with Gasteiger partial charge in [-0.05, 0) is 39.7 Å². The second-order valence-corrected chi connectivity index (χ2v) is 4.96. The first kappa shape index (κ1) is 15.7. The lowest BCUT2D eigenvalue weighted by Gasteiger charge is -2.03. The van der Waals surface area contributed by atoms with E-state index in [0.717, 1.165) is 10.0 Å². The molecular formula is C13H10BrN3O5. The van der Waals surface area contributed by atoms with Crippen LogP contribution in [-0.4, -0.2) is 27.1 Å². The third-order valence-corrected chi connectivity index (χ3v) is 3.31. The quantitative estimate of drug-likeness (QED) is 0.632. The summed E-state index contributed by atoms with van der Waals surface area (Å²) in [6, 6.07) is 5.29. The lowest BCUT2D eigenvalue weighted by molar-refractivity contribution is -0.387. The summed E-state index contributed by atoms with van der Waals surface area (Å²) in [5, 5.41) is 20.0. The van der Waals surface area contributed by atoms with Gasteiger partial charge in [0.2, 0.25) is 0 Å². The number of halogens is 1. The molecule has 8 nitrogen and oxygen atoms in total. The van der Waals surface area contributed by atoms with Crippen molar-refractivity contribution in [2.75, 3.05) is 7.11 Å². The number of rotatable bonds is 4. The van der Waals surface area contributed by atoms with Crippen molar-refractivity contribution in [3.8, 4) is 11.6 Å². The predicted octanol–water partition coefficient (Wildman–Crippen LogP) is 2.33. The first-order chi connectivity index (χ1) is 10.4. The molecule has 0 aliphatic heterocycles. The van der Waals surface area contributed by atoms with Gasteiger partial charge in [-0.2, -0.15) is 4.98 Å². The molecule has 0 bridgehead atoms. The number of ether oxygens (including phenoxy) is 1. The molecule has 0 fully saturated rings. The molecule has 1 heterocycles. The highest BCUT2D eigenvalue weighted by atomic mass is 79.9. The number of aromatic hydroxyl groups is 1. The minimum Gasteiger partial charge on any atom is -0.496 e. The predicted molar refractivity (Wildman–Crippen MR) is 82.8 cm³/mol. The number of benzene rings is 1. The Kier molecular flexibility index (Phi) is 4.56. The van der Waals surface area contributed by atoms with Gasteiger partial charge in [0.1, 0.15) is 11.6 Å². The van der Waals surface area contributed by atoms with Crippen LogP contribution in [0.3, 0.4) is 0 Å². The summed E-state index contributed by atoms with van der Waals surface area (Å²) in [6.07, 6.45) is 3.03. The van der Waals surface area contributed by atoms with E-state index in [4.69, 9.17) is 4.74 Å². The SMILES string of the molecule is COc1ccc(C=Cc2nc(O)c([N+](=O)[O-])c(=O)[nH]2)cc1Br. The molecular weight excluding hydrogens is 358 g/mol. The summed E-state index contributed by atoms with van der Waals surface area (Å²) in [6.45, 7) is 0. The zero-order valence-corrected chi connectivity index (χ0v) is 12.8. The van der Waals surface area contributed by atoms with Gasteiger partial charge >= 0.3 is 11.2 Å². The number of aromatic amines is 1. The van der Waals surface area contributed by atoms with Gasteiger partial charge in [0.25, 0.3) is 5.88 Å². The van der Waals surface area contributed by atoms with Gasteiger partial charge < -0.3 is 14.8 Å². The van der Waals surface area contributed by atoms with Crippen molar-refractivity contribution in [3.63, 3.8) is 0 Å². The van der Waals surface area contributed by atoms with E-state index in [-0.39, 0.29) is 5.82 Å². The molecule has 2 N–H and O–H groups in total. The maximum absolute atomic E-state index is 11.5. The average molecular weight is 368 g/mol. The third-order valence-electron chi connectivity index (χ3n) is 2.69. The van der Waals surface area contributed by atoms with E-state index in [9.17, 15) is 20.0 Å². The highest BCUT2D eigenvalue weighted by Crippen LogP contribution is 2.26. The van der Waals surface area contributed by atoms with Crippen LogP contribution in [0, 0.1) is 10.1 Å². The van der Waals surface area contributed by atoms with Crippen molar-refractivity contribution >= 4 is 33.8 Å². The highest BCUT2D eigenvalue weighted by molar-refractivity contribution is 9.10. The monoisotopic (exact) mass is 367 g/mol. The molecule has 0 saturated heterocycles. The molecule has 0 saturated carbocycles. The van der Waals surface area contributed by atoms with Crippen LogP contribution in [-0.2, 0) is 0 Å². The van der Waals surface area contributed by atoms with Crippen LogP contribution in [0.15, 0.2) is 27.5 Å². The molecule has 0 aliphatic carbocycles. The molecule has 2 aromatic rings. The fourth-order valence-electron chi connectivity index (χ4n) is 1.68. The second kappa shape index (κ2) is 6.39. The van der Waals surface area contributed by atoms with Crippen LogP contribution in [0.25, 0.3) is 12.2 Å². The van der Waals surface area contributed by atoms with Crippen LogP contribution < -0.4 is 10.3 Å². The highest BCUT2D eigenvalue weighted by Gasteiger charge is 2.21. The summed E-state index contributed by atoms with van der Waals surface area (Å²) >= 11 is 3.33. The zero-order valence-electron chi connectivity index (χ0n) is 11.2. The second-order valence-electron chi connectivity index (χ2n) is 4.11. The largest absolute Gasteiger partial charge is 0.496 e. The van der Waals surface area contributed by atoms with Gasteiger partial charge in [0.05, 0.1) is 16.5 Å². The number of methoxy groups -OCH3 is 1. The summed E-state index contributed by atoms with van der Waals surface area (Å²) in [7, 11) is 1.55. The fourth-order valence-corrected chi connectivity index (χ4v) is 2.24. The molecule has 0 radical (unpaired) electrons. The van der Waals surface area contributed by atoms with Gasteiger partial charge in [-0.25, -0.2) is 0 Å².